The Labute approximate surface area is 130 Å². The smallest absolute Gasteiger partial charge is 0.256 e. The predicted octanol–water partition coefficient (Wildman–Crippen LogP) is 3.03. The van der Waals surface area contributed by atoms with E-state index in [4.69, 9.17) is 0 Å². The Kier molecular flexibility index (Phi) is 4.32. The van der Waals surface area contributed by atoms with E-state index >= 15 is 0 Å². The quantitative estimate of drug-likeness (QED) is 0.946. The third-order valence-corrected chi connectivity index (χ3v) is 3.85. The number of nitrogens with one attached hydrogen (secondary N) is 1. The van der Waals surface area contributed by atoms with Crippen LogP contribution in [0, 0.1) is 6.92 Å². The number of aryl methyl sites for hydroxylation is 1. The molecule has 0 spiro atoms. The molecule has 1 saturated heterocycles. The van der Waals surface area contributed by atoms with Crippen molar-refractivity contribution in [1.82, 2.24) is 10.2 Å². The maximum atomic E-state index is 12.2. The van der Waals surface area contributed by atoms with Gasteiger partial charge in [0.1, 0.15) is 0 Å². The highest BCUT2D eigenvalue weighted by molar-refractivity contribution is 6.03. The standard InChI is InChI=1S/C17H20N4O/c1-13-6-5-7-14(12-13)17(22)18-15-8-9-16(20-19-15)21-10-3-2-4-11-21/h5-9,12H,2-4,10-11H2,1H3,(H,18,19,22). The highest BCUT2D eigenvalue weighted by Gasteiger charge is 2.13. The summed E-state index contributed by atoms with van der Waals surface area (Å²) in [6.45, 7) is 4.03. The molecule has 0 saturated carbocycles. The second kappa shape index (κ2) is 6.56. The molecule has 1 N–H and O–H groups in total. The minimum Gasteiger partial charge on any atom is -0.355 e. The number of aromatic nitrogens is 2. The molecule has 114 valence electrons. The fourth-order valence-corrected chi connectivity index (χ4v) is 2.66. The summed E-state index contributed by atoms with van der Waals surface area (Å²) in [4.78, 5) is 14.4. The maximum Gasteiger partial charge on any atom is 0.256 e. The Morgan fingerprint density at radius 1 is 1.09 bits per heavy atom. The molecule has 1 amide bonds. The van der Waals surface area contributed by atoms with Crippen molar-refractivity contribution in [3.63, 3.8) is 0 Å². The maximum absolute atomic E-state index is 12.2. The summed E-state index contributed by atoms with van der Waals surface area (Å²) in [6, 6.07) is 11.2. The molecule has 2 aromatic rings. The van der Waals surface area contributed by atoms with E-state index in [1.807, 2.05) is 37.3 Å². The lowest BCUT2D eigenvalue weighted by molar-refractivity contribution is 0.102. The van der Waals surface area contributed by atoms with Crippen LogP contribution in [0.15, 0.2) is 36.4 Å². The summed E-state index contributed by atoms with van der Waals surface area (Å²) in [7, 11) is 0. The number of rotatable bonds is 3. The minimum absolute atomic E-state index is 0.163. The van der Waals surface area contributed by atoms with Crippen LogP contribution >= 0.6 is 0 Å². The number of hydrogen-bond donors (Lipinski definition) is 1. The third kappa shape index (κ3) is 3.42. The molecule has 0 atom stereocenters. The number of benzene rings is 1. The van der Waals surface area contributed by atoms with Crippen molar-refractivity contribution in [3.05, 3.63) is 47.5 Å². The summed E-state index contributed by atoms with van der Waals surface area (Å²) in [5.41, 5.74) is 1.68. The van der Waals surface area contributed by atoms with Crippen LogP contribution in [-0.2, 0) is 0 Å². The van der Waals surface area contributed by atoms with Gasteiger partial charge in [-0.05, 0) is 50.5 Å². The first-order valence-electron chi connectivity index (χ1n) is 7.69. The number of carbonyl (C=O) groups is 1. The molecule has 1 aliphatic heterocycles. The molecule has 0 radical (unpaired) electrons. The molecular formula is C17H20N4O. The monoisotopic (exact) mass is 296 g/mol. The number of hydrogen-bond acceptors (Lipinski definition) is 4. The van der Waals surface area contributed by atoms with E-state index in [1.165, 1.54) is 19.3 Å². The Morgan fingerprint density at radius 3 is 2.59 bits per heavy atom. The summed E-state index contributed by atoms with van der Waals surface area (Å²) in [6.07, 6.45) is 3.69. The molecule has 0 unspecified atom stereocenters. The van der Waals surface area contributed by atoms with Gasteiger partial charge in [-0.1, -0.05) is 17.7 Å². The van der Waals surface area contributed by atoms with Gasteiger partial charge in [-0.2, -0.15) is 0 Å². The van der Waals surface area contributed by atoms with Gasteiger partial charge in [-0.3, -0.25) is 4.79 Å². The topological polar surface area (TPSA) is 58.1 Å². The molecule has 2 heterocycles. The lowest BCUT2D eigenvalue weighted by Crippen LogP contribution is -2.30. The largest absolute Gasteiger partial charge is 0.355 e. The second-order valence-electron chi connectivity index (χ2n) is 5.65. The highest BCUT2D eigenvalue weighted by Crippen LogP contribution is 2.17. The van der Waals surface area contributed by atoms with E-state index in [0.717, 1.165) is 24.5 Å². The second-order valence-corrected chi connectivity index (χ2v) is 5.65. The Balaban J connectivity index is 1.66. The summed E-state index contributed by atoms with van der Waals surface area (Å²) in [5, 5.41) is 11.1. The molecule has 5 heteroatoms. The molecule has 0 aliphatic carbocycles. The molecule has 1 aromatic carbocycles. The molecular weight excluding hydrogens is 276 g/mol. The van der Waals surface area contributed by atoms with Gasteiger partial charge in [0.05, 0.1) is 0 Å². The van der Waals surface area contributed by atoms with Crippen LogP contribution in [0.3, 0.4) is 0 Å². The summed E-state index contributed by atoms with van der Waals surface area (Å²) in [5.74, 6) is 1.20. The molecule has 5 nitrogen and oxygen atoms in total. The van der Waals surface area contributed by atoms with E-state index in [0.29, 0.717) is 11.4 Å². The van der Waals surface area contributed by atoms with Crippen LogP contribution in [0.5, 0.6) is 0 Å². The Bertz CT molecular complexity index is 648. The van der Waals surface area contributed by atoms with Crippen LogP contribution < -0.4 is 10.2 Å². The van der Waals surface area contributed by atoms with Crippen molar-refractivity contribution in [2.45, 2.75) is 26.2 Å². The lowest BCUT2D eigenvalue weighted by Gasteiger charge is -2.27. The van der Waals surface area contributed by atoms with E-state index in [-0.39, 0.29) is 5.91 Å². The van der Waals surface area contributed by atoms with Gasteiger partial charge in [0.2, 0.25) is 0 Å². The predicted molar refractivity (Wildman–Crippen MR) is 87.2 cm³/mol. The van der Waals surface area contributed by atoms with Crippen molar-refractivity contribution >= 4 is 17.5 Å². The van der Waals surface area contributed by atoms with Crippen molar-refractivity contribution in [2.24, 2.45) is 0 Å². The van der Waals surface area contributed by atoms with Crippen LogP contribution in [0.4, 0.5) is 11.6 Å². The van der Waals surface area contributed by atoms with E-state index < -0.39 is 0 Å². The zero-order valence-electron chi connectivity index (χ0n) is 12.7. The van der Waals surface area contributed by atoms with Gasteiger partial charge in [0.15, 0.2) is 11.6 Å². The highest BCUT2D eigenvalue weighted by atomic mass is 16.1. The fourth-order valence-electron chi connectivity index (χ4n) is 2.66. The van der Waals surface area contributed by atoms with Gasteiger partial charge in [-0.25, -0.2) is 0 Å². The molecule has 0 bridgehead atoms. The molecule has 3 rings (SSSR count). The van der Waals surface area contributed by atoms with E-state index in [1.54, 1.807) is 6.07 Å². The molecule has 1 aromatic heterocycles. The summed E-state index contributed by atoms with van der Waals surface area (Å²) < 4.78 is 0. The third-order valence-electron chi connectivity index (χ3n) is 3.85. The van der Waals surface area contributed by atoms with Crippen LogP contribution in [0.25, 0.3) is 0 Å². The van der Waals surface area contributed by atoms with Crippen LogP contribution in [0.1, 0.15) is 35.2 Å². The van der Waals surface area contributed by atoms with Crippen molar-refractivity contribution in [2.75, 3.05) is 23.3 Å². The van der Waals surface area contributed by atoms with Crippen molar-refractivity contribution < 1.29 is 4.79 Å². The average molecular weight is 296 g/mol. The Hall–Kier alpha value is -2.43. The SMILES string of the molecule is Cc1cccc(C(=O)Nc2ccc(N3CCCCC3)nn2)c1. The first-order chi connectivity index (χ1) is 10.7. The molecule has 1 aliphatic rings. The normalized spacial score (nSPS) is 14.7. The van der Waals surface area contributed by atoms with E-state index in [2.05, 4.69) is 20.4 Å². The zero-order chi connectivity index (χ0) is 15.4. The van der Waals surface area contributed by atoms with Crippen molar-refractivity contribution in [3.8, 4) is 0 Å². The van der Waals surface area contributed by atoms with Gasteiger partial charge in [0.25, 0.3) is 5.91 Å². The number of piperidine rings is 1. The number of anilines is 2. The van der Waals surface area contributed by atoms with Crippen molar-refractivity contribution in [1.29, 1.82) is 0 Å². The van der Waals surface area contributed by atoms with Gasteiger partial charge in [-0.15, -0.1) is 10.2 Å². The van der Waals surface area contributed by atoms with Crippen LogP contribution in [-0.4, -0.2) is 29.2 Å². The fraction of sp³-hybridized carbons (Fsp3) is 0.353. The molecule has 22 heavy (non-hydrogen) atoms. The molecule has 1 fully saturated rings. The number of amides is 1. The average Bonchev–Trinajstić information content (AvgIpc) is 2.56. The van der Waals surface area contributed by atoms with Gasteiger partial charge >= 0.3 is 0 Å². The lowest BCUT2D eigenvalue weighted by atomic mass is 10.1. The van der Waals surface area contributed by atoms with Gasteiger partial charge < -0.3 is 10.2 Å². The first-order valence-corrected chi connectivity index (χ1v) is 7.69. The Morgan fingerprint density at radius 2 is 1.91 bits per heavy atom. The first kappa shape index (κ1) is 14.5. The summed E-state index contributed by atoms with van der Waals surface area (Å²) >= 11 is 0. The number of nitrogens with zero attached hydrogens (tertiary/aromatic N) is 3. The zero-order valence-corrected chi connectivity index (χ0v) is 12.7. The minimum atomic E-state index is -0.163. The number of carbonyl (C=O) groups excluding carboxylic acids is 1. The van der Waals surface area contributed by atoms with E-state index in [9.17, 15) is 4.79 Å². The van der Waals surface area contributed by atoms with Gasteiger partial charge in [0, 0.05) is 18.7 Å². The van der Waals surface area contributed by atoms with Crippen LogP contribution in [0.2, 0.25) is 0 Å².